The SMILES string of the molecule is CC(C)c1c(Cc2ccccc2)c(=O)[nH]c2cc3c(cc12)OCCO3. The van der Waals surface area contributed by atoms with Gasteiger partial charge in [0, 0.05) is 23.4 Å². The first-order valence-corrected chi connectivity index (χ1v) is 8.66. The predicted octanol–water partition coefficient (Wildman–Crippen LogP) is 4.01. The summed E-state index contributed by atoms with van der Waals surface area (Å²) in [4.78, 5) is 15.8. The Hall–Kier alpha value is -2.75. The van der Waals surface area contributed by atoms with Gasteiger partial charge in [-0.25, -0.2) is 0 Å². The van der Waals surface area contributed by atoms with Crippen molar-refractivity contribution in [2.75, 3.05) is 13.2 Å². The molecule has 25 heavy (non-hydrogen) atoms. The van der Waals surface area contributed by atoms with E-state index in [9.17, 15) is 4.79 Å². The lowest BCUT2D eigenvalue weighted by Crippen LogP contribution is -2.19. The molecule has 2 heterocycles. The fourth-order valence-electron chi connectivity index (χ4n) is 3.53. The lowest BCUT2D eigenvalue weighted by Gasteiger charge is -2.21. The number of fused-ring (bicyclic) bond motifs is 2. The molecule has 3 aromatic rings. The van der Waals surface area contributed by atoms with Crippen molar-refractivity contribution in [3.05, 3.63) is 69.5 Å². The first-order valence-electron chi connectivity index (χ1n) is 8.66. The van der Waals surface area contributed by atoms with Crippen molar-refractivity contribution in [3.63, 3.8) is 0 Å². The minimum Gasteiger partial charge on any atom is -0.486 e. The van der Waals surface area contributed by atoms with Crippen molar-refractivity contribution in [1.82, 2.24) is 4.98 Å². The van der Waals surface area contributed by atoms with E-state index in [4.69, 9.17) is 9.47 Å². The van der Waals surface area contributed by atoms with E-state index >= 15 is 0 Å². The number of benzene rings is 2. The van der Waals surface area contributed by atoms with Crippen LogP contribution in [-0.2, 0) is 6.42 Å². The van der Waals surface area contributed by atoms with Crippen LogP contribution in [0, 0.1) is 0 Å². The Morgan fingerprint density at radius 2 is 1.72 bits per heavy atom. The molecule has 0 fully saturated rings. The monoisotopic (exact) mass is 335 g/mol. The Morgan fingerprint density at radius 3 is 2.40 bits per heavy atom. The number of pyridine rings is 1. The molecular weight excluding hydrogens is 314 g/mol. The molecule has 4 heteroatoms. The maximum absolute atomic E-state index is 12.8. The van der Waals surface area contributed by atoms with Gasteiger partial charge in [-0.05, 0) is 23.1 Å². The summed E-state index contributed by atoms with van der Waals surface area (Å²) in [6, 6.07) is 14.0. The lowest BCUT2D eigenvalue weighted by molar-refractivity contribution is 0.172. The summed E-state index contributed by atoms with van der Waals surface area (Å²) in [6.45, 7) is 5.33. The molecule has 1 aliphatic rings. The lowest BCUT2D eigenvalue weighted by atomic mass is 9.90. The predicted molar refractivity (Wildman–Crippen MR) is 98.9 cm³/mol. The minimum atomic E-state index is -0.0308. The zero-order valence-corrected chi connectivity index (χ0v) is 14.5. The van der Waals surface area contributed by atoms with Crippen LogP contribution < -0.4 is 15.0 Å². The number of nitrogens with one attached hydrogen (secondary N) is 1. The summed E-state index contributed by atoms with van der Waals surface area (Å²) in [5.74, 6) is 1.67. The Morgan fingerprint density at radius 1 is 1.04 bits per heavy atom. The summed E-state index contributed by atoms with van der Waals surface area (Å²) in [5, 5.41) is 1.03. The highest BCUT2D eigenvalue weighted by Gasteiger charge is 2.20. The smallest absolute Gasteiger partial charge is 0.252 e. The molecule has 1 aromatic heterocycles. The largest absolute Gasteiger partial charge is 0.486 e. The van der Waals surface area contributed by atoms with Crippen LogP contribution in [0.25, 0.3) is 10.9 Å². The van der Waals surface area contributed by atoms with Gasteiger partial charge in [-0.2, -0.15) is 0 Å². The van der Waals surface area contributed by atoms with Gasteiger partial charge in [-0.3, -0.25) is 4.79 Å². The molecule has 128 valence electrons. The Balaban J connectivity index is 1.94. The summed E-state index contributed by atoms with van der Waals surface area (Å²) in [6.07, 6.45) is 0.619. The van der Waals surface area contributed by atoms with Gasteiger partial charge in [0.1, 0.15) is 13.2 Å². The van der Waals surface area contributed by atoms with E-state index in [-0.39, 0.29) is 11.5 Å². The van der Waals surface area contributed by atoms with Crippen molar-refractivity contribution >= 4 is 10.9 Å². The molecule has 4 nitrogen and oxygen atoms in total. The maximum Gasteiger partial charge on any atom is 0.252 e. The topological polar surface area (TPSA) is 51.3 Å². The van der Waals surface area contributed by atoms with Crippen LogP contribution in [0.1, 0.15) is 36.5 Å². The van der Waals surface area contributed by atoms with Crippen LogP contribution in [0.15, 0.2) is 47.3 Å². The molecule has 0 atom stereocenters. The average molecular weight is 335 g/mol. The fraction of sp³-hybridized carbons (Fsp3) is 0.286. The van der Waals surface area contributed by atoms with Crippen molar-refractivity contribution < 1.29 is 9.47 Å². The van der Waals surface area contributed by atoms with Gasteiger partial charge in [0.05, 0.1) is 5.52 Å². The van der Waals surface area contributed by atoms with Gasteiger partial charge in [0.15, 0.2) is 11.5 Å². The van der Waals surface area contributed by atoms with Crippen molar-refractivity contribution in [1.29, 1.82) is 0 Å². The molecule has 0 radical (unpaired) electrons. The third-order valence-electron chi connectivity index (χ3n) is 4.62. The van der Waals surface area contributed by atoms with Crippen LogP contribution in [0.3, 0.4) is 0 Å². The van der Waals surface area contributed by atoms with E-state index in [2.05, 4.69) is 31.0 Å². The molecule has 1 aliphatic heterocycles. The average Bonchev–Trinajstić information content (AvgIpc) is 2.61. The standard InChI is InChI=1S/C21H21NO3/c1-13(2)20-15-11-18-19(25-9-8-24-18)12-17(15)22-21(23)16(20)10-14-6-4-3-5-7-14/h3-7,11-13H,8-10H2,1-2H3,(H,22,23). The zero-order chi connectivity index (χ0) is 17.4. The zero-order valence-electron chi connectivity index (χ0n) is 14.5. The van der Waals surface area contributed by atoms with Gasteiger partial charge < -0.3 is 14.5 Å². The highest BCUT2D eigenvalue weighted by molar-refractivity contribution is 5.87. The van der Waals surface area contributed by atoms with Crippen LogP contribution in [-0.4, -0.2) is 18.2 Å². The van der Waals surface area contributed by atoms with Gasteiger partial charge in [-0.15, -0.1) is 0 Å². The Kier molecular flexibility index (Phi) is 3.96. The van der Waals surface area contributed by atoms with E-state index in [1.54, 1.807) is 0 Å². The second-order valence-electron chi connectivity index (χ2n) is 6.70. The molecule has 0 amide bonds. The van der Waals surface area contributed by atoms with Crippen LogP contribution in [0.4, 0.5) is 0 Å². The van der Waals surface area contributed by atoms with E-state index < -0.39 is 0 Å². The van der Waals surface area contributed by atoms with Crippen molar-refractivity contribution in [2.45, 2.75) is 26.2 Å². The van der Waals surface area contributed by atoms with Crippen LogP contribution >= 0.6 is 0 Å². The van der Waals surface area contributed by atoms with Crippen molar-refractivity contribution in [3.8, 4) is 11.5 Å². The number of aromatic nitrogens is 1. The van der Waals surface area contributed by atoms with Crippen molar-refractivity contribution in [2.24, 2.45) is 0 Å². The highest BCUT2D eigenvalue weighted by atomic mass is 16.6. The van der Waals surface area contributed by atoms with Gasteiger partial charge >= 0.3 is 0 Å². The fourth-order valence-corrected chi connectivity index (χ4v) is 3.53. The Labute approximate surface area is 146 Å². The number of rotatable bonds is 3. The summed E-state index contributed by atoms with van der Waals surface area (Å²) in [5.41, 5.74) is 3.81. The molecule has 0 saturated carbocycles. The maximum atomic E-state index is 12.8. The third-order valence-corrected chi connectivity index (χ3v) is 4.62. The molecule has 0 saturated heterocycles. The molecule has 0 aliphatic carbocycles. The van der Waals surface area contributed by atoms with Crippen LogP contribution in [0.5, 0.6) is 11.5 Å². The first-order chi connectivity index (χ1) is 12.1. The highest BCUT2D eigenvalue weighted by Crippen LogP contribution is 2.37. The molecule has 2 aromatic carbocycles. The molecule has 0 spiro atoms. The number of hydrogen-bond acceptors (Lipinski definition) is 3. The number of aromatic amines is 1. The Bertz CT molecular complexity index is 974. The van der Waals surface area contributed by atoms with E-state index in [0.717, 1.165) is 33.3 Å². The molecule has 0 bridgehead atoms. The molecule has 0 unspecified atom stereocenters. The number of ether oxygens (including phenoxy) is 2. The van der Waals surface area contributed by atoms with E-state index in [0.29, 0.717) is 25.4 Å². The second kappa shape index (κ2) is 6.28. The summed E-state index contributed by atoms with van der Waals surface area (Å²) in [7, 11) is 0. The molecule has 1 N–H and O–H groups in total. The number of H-pyrrole nitrogens is 1. The summed E-state index contributed by atoms with van der Waals surface area (Å²) >= 11 is 0. The third kappa shape index (κ3) is 2.88. The first kappa shape index (κ1) is 15.8. The number of hydrogen-bond donors (Lipinski definition) is 1. The minimum absolute atomic E-state index is 0.0308. The molecule has 4 rings (SSSR count). The molecular formula is C21H21NO3. The van der Waals surface area contributed by atoms with Gasteiger partial charge in [0.2, 0.25) is 0 Å². The van der Waals surface area contributed by atoms with E-state index in [1.807, 2.05) is 30.3 Å². The van der Waals surface area contributed by atoms with Gasteiger partial charge in [-0.1, -0.05) is 44.2 Å². The summed E-state index contributed by atoms with van der Waals surface area (Å²) < 4.78 is 11.4. The quantitative estimate of drug-likeness (QED) is 0.787. The van der Waals surface area contributed by atoms with Crippen LogP contribution in [0.2, 0.25) is 0 Å². The van der Waals surface area contributed by atoms with E-state index in [1.165, 1.54) is 0 Å². The van der Waals surface area contributed by atoms with Gasteiger partial charge in [0.25, 0.3) is 5.56 Å². The normalized spacial score (nSPS) is 13.4. The second-order valence-corrected chi connectivity index (χ2v) is 6.70.